The SMILES string of the molecule is CCCC(C)=CC1(CC)C2C1C2(C)C. The second kappa shape index (κ2) is 2.87. The van der Waals surface area contributed by atoms with E-state index in [1.807, 2.05) is 0 Å². The summed E-state index contributed by atoms with van der Waals surface area (Å²) in [6.07, 6.45) is 6.55. The summed E-state index contributed by atoms with van der Waals surface area (Å²) >= 11 is 0. The van der Waals surface area contributed by atoms with Crippen LogP contribution in [-0.4, -0.2) is 0 Å². The molecule has 0 aliphatic heterocycles. The fraction of sp³-hybridized carbons (Fsp3) is 0.857. The zero-order valence-corrected chi connectivity index (χ0v) is 10.4. The van der Waals surface area contributed by atoms with Crippen molar-refractivity contribution in [3.05, 3.63) is 11.6 Å². The third-order valence-electron chi connectivity index (χ3n) is 4.65. The Morgan fingerprint density at radius 1 is 1.21 bits per heavy atom. The third-order valence-corrected chi connectivity index (χ3v) is 4.65. The molecule has 0 radical (unpaired) electrons. The topological polar surface area (TPSA) is 0 Å². The minimum Gasteiger partial charge on any atom is -0.0788 e. The van der Waals surface area contributed by atoms with Gasteiger partial charge in [0, 0.05) is 0 Å². The molecule has 0 heterocycles. The van der Waals surface area contributed by atoms with Gasteiger partial charge in [-0.1, -0.05) is 45.8 Å². The average molecular weight is 192 g/mol. The molecule has 0 aromatic rings. The number of hydrogen-bond acceptors (Lipinski definition) is 0. The Morgan fingerprint density at radius 2 is 1.79 bits per heavy atom. The summed E-state index contributed by atoms with van der Waals surface area (Å²) < 4.78 is 0. The average Bonchev–Trinajstić information content (AvgIpc) is 2.92. The predicted octanol–water partition coefficient (Wildman–Crippen LogP) is 4.42. The normalized spacial score (nSPS) is 43.4. The lowest BCUT2D eigenvalue weighted by Gasteiger charge is -2.27. The minimum absolute atomic E-state index is 0.642. The molecule has 14 heavy (non-hydrogen) atoms. The Hall–Kier alpha value is -0.260. The van der Waals surface area contributed by atoms with E-state index in [0.29, 0.717) is 10.8 Å². The van der Waals surface area contributed by atoms with Gasteiger partial charge in [-0.05, 0) is 42.4 Å². The summed E-state index contributed by atoms with van der Waals surface area (Å²) in [6, 6.07) is 0. The van der Waals surface area contributed by atoms with Crippen molar-refractivity contribution in [2.45, 2.75) is 53.9 Å². The molecule has 2 fully saturated rings. The molecule has 0 saturated heterocycles. The van der Waals surface area contributed by atoms with E-state index in [0.717, 1.165) is 11.8 Å². The Balaban J connectivity index is 2.02. The van der Waals surface area contributed by atoms with Crippen LogP contribution in [0, 0.1) is 22.7 Å². The van der Waals surface area contributed by atoms with Gasteiger partial charge >= 0.3 is 0 Å². The first kappa shape index (κ1) is 10.3. The molecule has 0 N–H and O–H groups in total. The Kier molecular flexibility index (Phi) is 2.10. The van der Waals surface area contributed by atoms with E-state index in [4.69, 9.17) is 0 Å². The number of rotatable bonds is 4. The molecule has 0 aromatic heterocycles. The first-order chi connectivity index (χ1) is 6.50. The molecule has 2 unspecified atom stereocenters. The van der Waals surface area contributed by atoms with Crippen LogP contribution in [0.4, 0.5) is 0 Å². The number of fused-ring (bicyclic) bond motifs is 1. The Morgan fingerprint density at radius 3 is 2.14 bits per heavy atom. The van der Waals surface area contributed by atoms with E-state index in [-0.39, 0.29) is 0 Å². The zero-order chi connectivity index (χ0) is 10.6. The highest BCUT2D eigenvalue weighted by Crippen LogP contribution is 2.90. The van der Waals surface area contributed by atoms with Crippen LogP contribution >= 0.6 is 0 Å². The van der Waals surface area contributed by atoms with Crippen LogP contribution in [0.3, 0.4) is 0 Å². The van der Waals surface area contributed by atoms with Crippen LogP contribution < -0.4 is 0 Å². The highest BCUT2D eigenvalue weighted by atomic mass is 14.9. The van der Waals surface area contributed by atoms with Gasteiger partial charge in [-0.2, -0.15) is 0 Å². The van der Waals surface area contributed by atoms with Gasteiger partial charge in [-0.25, -0.2) is 0 Å². The molecule has 2 rings (SSSR count). The van der Waals surface area contributed by atoms with Crippen molar-refractivity contribution in [3.63, 3.8) is 0 Å². The van der Waals surface area contributed by atoms with Crippen LogP contribution in [0.5, 0.6) is 0 Å². The van der Waals surface area contributed by atoms with Gasteiger partial charge < -0.3 is 0 Å². The molecule has 2 aliphatic carbocycles. The molecule has 2 aliphatic rings. The summed E-state index contributed by atoms with van der Waals surface area (Å²) in [5.74, 6) is 2.04. The van der Waals surface area contributed by atoms with Gasteiger partial charge in [0.15, 0.2) is 0 Å². The van der Waals surface area contributed by atoms with E-state index in [1.165, 1.54) is 19.3 Å². The van der Waals surface area contributed by atoms with E-state index in [2.05, 4.69) is 40.7 Å². The summed E-state index contributed by atoms with van der Waals surface area (Å²) in [5.41, 5.74) is 2.94. The first-order valence-electron chi connectivity index (χ1n) is 6.19. The van der Waals surface area contributed by atoms with Crippen molar-refractivity contribution in [3.8, 4) is 0 Å². The van der Waals surface area contributed by atoms with Gasteiger partial charge in [-0.3, -0.25) is 0 Å². The largest absolute Gasteiger partial charge is 0.0788 e. The van der Waals surface area contributed by atoms with E-state index >= 15 is 0 Å². The standard InChI is InChI=1S/C14H24/c1-6-8-10(3)9-14(7-2)11-12(14)13(11,4)5/h9,11-12H,6-8H2,1-5H3. The molecule has 0 aromatic carbocycles. The molecule has 0 amide bonds. The quantitative estimate of drug-likeness (QED) is 0.579. The van der Waals surface area contributed by atoms with Crippen LogP contribution in [0.1, 0.15) is 53.9 Å². The second-order valence-electron chi connectivity index (χ2n) is 5.98. The lowest BCUT2D eigenvalue weighted by Crippen LogP contribution is -2.20. The summed E-state index contributed by atoms with van der Waals surface area (Å²) in [6.45, 7) is 11.8. The zero-order valence-electron chi connectivity index (χ0n) is 10.4. The molecule has 0 nitrogen and oxygen atoms in total. The van der Waals surface area contributed by atoms with Gasteiger partial charge in [-0.15, -0.1) is 0 Å². The molecular weight excluding hydrogens is 168 g/mol. The highest BCUT2D eigenvalue weighted by Gasteiger charge is 2.85. The number of allylic oxidation sites excluding steroid dienone is 2. The molecular formula is C14H24. The Bertz CT molecular complexity index is 258. The molecule has 2 saturated carbocycles. The summed E-state index contributed by atoms with van der Waals surface area (Å²) in [5, 5.41) is 0. The number of hydrogen-bond donors (Lipinski definition) is 0. The molecule has 80 valence electrons. The second-order valence-corrected chi connectivity index (χ2v) is 5.98. The highest BCUT2D eigenvalue weighted by molar-refractivity contribution is 5.39. The van der Waals surface area contributed by atoms with Crippen molar-refractivity contribution in [2.75, 3.05) is 0 Å². The van der Waals surface area contributed by atoms with Gasteiger partial charge in [0.05, 0.1) is 0 Å². The van der Waals surface area contributed by atoms with E-state index in [9.17, 15) is 0 Å². The van der Waals surface area contributed by atoms with Crippen molar-refractivity contribution in [1.82, 2.24) is 0 Å². The van der Waals surface area contributed by atoms with E-state index < -0.39 is 0 Å². The van der Waals surface area contributed by atoms with Gasteiger partial charge in [0.1, 0.15) is 0 Å². The first-order valence-corrected chi connectivity index (χ1v) is 6.19. The summed E-state index contributed by atoms with van der Waals surface area (Å²) in [4.78, 5) is 0. The van der Waals surface area contributed by atoms with Crippen LogP contribution in [0.2, 0.25) is 0 Å². The smallest absolute Gasteiger partial charge is 0.00451 e. The van der Waals surface area contributed by atoms with Crippen LogP contribution in [0.15, 0.2) is 11.6 Å². The summed E-state index contributed by atoms with van der Waals surface area (Å²) in [7, 11) is 0. The molecule has 2 atom stereocenters. The molecule has 0 spiro atoms. The monoisotopic (exact) mass is 192 g/mol. The van der Waals surface area contributed by atoms with Crippen LogP contribution in [0.25, 0.3) is 0 Å². The maximum absolute atomic E-state index is 2.61. The van der Waals surface area contributed by atoms with Gasteiger partial charge in [0.2, 0.25) is 0 Å². The van der Waals surface area contributed by atoms with Crippen molar-refractivity contribution >= 4 is 0 Å². The lowest BCUT2D eigenvalue weighted by molar-refractivity contribution is 0.274. The Labute approximate surface area is 88.8 Å². The third kappa shape index (κ3) is 1.12. The molecule has 0 bridgehead atoms. The molecule has 0 heteroatoms. The fourth-order valence-electron chi connectivity index (χ4n) is 4.03. The predicted molar refractivity (Wildman–Crippen MR) is 62.2 cm³/mol. The lowest BCUT2D eigenvalue weighted by atomic mass is 9.77. The van der Waals surface area contributed by atoms with Crippen LogP contribution in [-0.2, 0) is 0 Å². The van der Waals surface area contributed by atoms with Gasteiger partial charge in [0.25, 0.3) is 0 Å². The minimum atomic E-state index is 0.642. The van der Waals surface area contributed by atoms with Crippen molar-refractivity contribution < 1.29 is 0 Å². The fourth-order valence-corrected chi connectivity index (χ4v) is 4.03. The maximum Gasteiger partial charge on any atom is -0.00451 e. The maximum atomic E-state index is 2.61. The van der Waals surface area contributed by atoms with Crippen molar-refractivity contribution in [1.29, 1.82) is 0 Å². The van der Waals surface area contributed by atoms with Crippen molar-refractivity contribution in [2.24, 2.45) is 22.7 Å². The van der Waals surface area contributed by atoms with E-state index in [1.54, 1.807) is 5.57 Å².